The molecular formula is C5H10N2O. The predicted molar refractivity (Wildman–Crippen MR) is 31.8 cm³/mol. The van der Waals surface area contributed by atoms with Gasteiger partial charge in [-0.05, 0) is 13.8 Å². The number of nitrogens with two attached hydrogens (primary N) is 1. The van der Waals surface area contributed by atoms with Crippen LogP contribution >= 0.6 is 0 Å². The molecule has 0 saturated heterocycles. The second-order valence-electron chi connectivity index (χ2n) is 1.81. The average Bonchev–Trinajstić information content (AvgIpc) is 1.64. The van der Waals surface area contributed by atoms with Gasteiger partial charge < -0.3 is 11.1 Å². The van der Waals surface area contributed by atoms with Crippen LogP contribution in [0.2, 0.25) is 0 Å². The molecule has 1 amide bonds. The maximum Gasteiger partial charge on any atom is 0.225 e. The third-order valence-corrected chi connectivity index (χ3v) is 1.08. The minimum absolute atomic E-state index is 0.317. The Hall–Kier alpha value is -0.860. The second-order valence-corrected chi connectivity index (χ2v) is 1.81. The first kappa shape index (κ1) is 7.14. The zero-order valence-electron chi connectivity index (χ0n) is 5.06. The van der Waals surface area contributed by atoms with Gasteiger partial charge in [-0.1, -0.05) is 0 Å². The Kier molecular flexibility index (Phi) is 2.19. The summed E-state index contributed by atoms with van der Waals surface area (Å²) in [6, 6.07) is 0. The normalized spacial score (nSPS) is 12.8. The van der Waals surface area contributed by atoms with E-state index in [0.29, 0.717) is 5.71 Å². The van der Waals surface area contributed by atoms with Gasteiger partial charge in [0.25, 0.3) is 0 Å². The van der Waals surface area contributed by atoms with Crippen LogP contribution in [0.3, 0.4) is 0 Å². The summed E-state index contributed by atoms with van der Waals surface area (Å²) in [5.74, 6) is -0.840. The van der Waals surface area contributed by atoms with Crippen LogP contribution < -0.4 is 5.73 Å². The zero-order valence-corrected chi connectivity index (χ0v) is 5.06. The smallest absolute Gasteiger partial charge is 0.225 e. The highest BCUT2D eigenvalue weighted by atomic mass is 16.1. The minimum atomic E-state index is -0.433. The monoisotopic (exact) mass is 114 g/mol. The molecular weight excluding hydrogens is 104 g/mol. The van der Waals surface area contributed by atoms with E-state index in [9.17, 15) is 4.79 Å². The lowest BCUT2D eigenvalue weighted by molar-refractivity contribution is -0.119. The van der Waals surface area contributed by atoms with E-state index in [1.54, 1.807) is 13.8 Å². The summed E-state index contributed by atoms with van der Waals surface area (Å²) in [6.07, 6.45) is 0. The van der Waals surface area contributed by atoms with E-state index in [0.717, 1.165) is 0 Å². The van der Waals surface area contributed by atoms with Gasteiger partial charge in [-0.3, -0.25) is 4.79 Å². The first-order valence-corrected chi connectivity index (χ1v) is 2.40. The molecule has 1 atom stereocenters. The molecule has 0 aromatic rings. The Morgan fingerprint density at radius 3 is 2.12 bits per heavy atom. The third kappa shape index (κ3) is 1.73. The van der Waals surface area contributed by atoms with Crippen LogP contribution in [-0.4, -0.2) is 11.6 Å². The number of nitrogens with one attached hydrogen (secondary N) is 1. The van der Waals surface area contributed by atoms with Gasteiger partial charge in [-0.15, -0.1) is 0 Å². The maximum absolute atomic E-state index is 10.2. The molecule has 0 fully saturated rings. The largest absolute Gasteiger partial charge is 0.369 e. The average molecular weight is 114 g/mol. The number of primary amides is 1. The van der Waals surface area contributed by atoms with E-state index in [1.807, 2.05) is 0 Å². The van der Waals surface area contributed by atoms with Crippen molar-refractivity contribution >= 4 is 11.6 Å². The van der Waals surface area contributed by atoms with Crippen molar-refractivity contribution in [3.63, 3.8) is 0 Å². The van der Waals surface area contributed by atoms with Gasteiger partial charge in [0.2, 0.25) is 5.91 Å². The van der Waals surface area contributed by atoms with Crippen molar-refractivity contribution in [2.75, 3.05) is 0 Å². The molecule has 1 unspecified atom stereocenters. The Balaban J connectivity index is 3.83. The highest BCUT2D eigenvalue weighted by Gasteiger charge is 2.08. The molecule has 0 aromatic heterocycles. The number of carbonyl (C=O) groups excluding carboxylic acids is 1. The molecule has 0 aliphatic carbocycles. The van der Waals surface area contributed by atoms with Gasteiger partial charge in [0.15, 0.2) is 0 Å². The van der Waals surface area contributed by atoms with Crippen LogP contribution in [0, 0.1) is 11.3 Å². The molecule has 0 heterocycles. The van der Waals surface area contributed by atoms with E-state index in [1.165, 1.54) is 0 Å². The molecule has 0 aromatic carbocycles. The number of rotatable bonds is 2. The first-order chi connectivity index (χ1) is 3.55. The van der Waals surface area contributed by atoms with Crippen molar-refractivity contribution in [2.24, 2.45) is 11.7 Å². The molecule has 8 heavy (non-hydrogen) atoms. The minimum Gasteiger partial charge on any atom is -0.369 e. The van der Waals surface area contributed by atoms with Crippen molar-refractivity contribution in [1.82, 2.24) is 0 Å². The molecule has 46 valence electrons. The van der Waals surface area contributed by atoms with Crippen molar-refractivity contribution in [1.29, 1.82) is 5.41 Å². The Morgan fingerprint density at radius 1 is 1.75 bits per heavy atom. The number of amides is 1. The van der Waals surface area contributed by atoms with Crippen LogP contribution in [-0.2, 0) is 4.79 Å². The van der Waals surface area contributed by atoms with Crippen molar-refractivity contribution < 1.29 is 4.79 Å². The van der Waals surface area contributed by atoms with Gasteiger partial charge in [0.1, 0.15) is 0 Å². The molecule has 0 rings (SSSR count). The van der Waals surface area contributed by atoms with Crippen molar-refractivity contribution in [3.05, 3.63) is 0 Å². The summed E-state index contributed by atoms with van der Waals surface area (Å²) in [7, 11) is 0. The van der Waals surface area contributed by atoms with Gasteiger partial charge in [-0.25, -0.2) is 0 Å². The topological polar surface area (TPSA) is 66.9 Å². The lowest BCUT2D eigenvalue weighted by atomic mass is 10.1. The van der Waals surface area contributed by atoms with Gasteiger partial charge in [0.05, 0.1) is 5.92 Å². The summed E-state index contributed by atoms with van der Waals surface area (Å²) in [5, 5.41) is 6.93. The SMILES string of the molecule is CC(=N)C(C)C(N)=O. The van der Waals surface area contributed by atoms with Gasteiger partial charge >= 0.3 is 0 Å². The second kappa shape index (κ2) is 2.45. The van der Waals surface area contributed by atoms with E-state index in [2.05, 4.69) is 0 Å². The highest BCUT2D eigenvalue weighted by molar-refractivity contribution is 6.00. The molecule has 3 nitrogen and oxygen atoms in total. The summed E-state index contributed by atoms with van der Waals surface area (Å²) in [6.45, 7) is 3.18. The molecule has 0 bridgehead atoms. The van der Waals surface area contributed by atoms with Gasteiger partial charge in [-0.2, -0.15) is 0 Å². The van der Waals surface area contributed by atoms with Crippen LogP contribution in [0.5, 0.6) is 0 Å². The Morgan fingerprint density at radius 2 is 2.12 bits per heavy atom. The fourth-order valence-corrected chi connectivity index (χ4v) is 0.213. The summed E-state index contributed by atoms with van der Waals surface area (Å²) in [5.41, 5.74) is 5.17. The molecule has 0 aliphatic rings. The number of carbonyl (C=O) groups is 1. The highest BCUT2D eigenvalue weighted by Crippen LogP contribution is 1.92. The Labute approximate surface area is 48.4 Å². The van der Waals surface area contributed by atoms with E-state index < -0.39 is 11.8 Å². The standard InChI is InChI=1S/C5H10N2O/c1-3(4(2)6)5(7)8/h3,6H,1-2H3,(H2,7,8). The lowest BCUT2D eigenvalue weighted by Crippen LogP contribution is -2.25. The maximum atomic E-state index is 10.2. The van der Waals surface area contributed by atoms with E-state index in [4.69, 9.17) is 11.1 Å². The van der Waals surface area contributed by atoms with Crippen molar-refractivity contribution in [2.45, 2.75) is 13.8 Å². The summed E-state index contributed by atoms with van der Waals surface area (Å²) in [4.78, 5) is 10.2. The Bertz CT molecular complexity index is 106. The molecule has 0 spiro atoms. The summed E-state index contributed by atoms with van der Waals surface area (Å²) < 4.78 is 0. The number of hydrogen-bond donors (Lipinski definition) is 2. The number of hydrogen-bond acceptors (Lipinski definition) is 2. The molecule has 3 heteroatoms. The molecule has 0 saturated carbocycles. The van der Waals surface area contributed by atoms with Crippen LogP contribution in [0.1, 0.15) is 13.8 Å². The predicted octanol–water partition coefficient (Wildman–Crippen LogP) is 0.147. The van der Waals surface area contributed by atoms with Crippen LogP contribution in [0.4, 0.5) is 0 Å². The van der Waals surface area contributed by atoms with Crippen LogP contribution in [0.25, 0.3) is 0 Å². The fraction of sp³-hybridized carbons (Fsp3) is 0.600. The third-order valence-electron chi connectivity index (χ3n) is 1.08. The molecule has 0 aliphatic heterocycles. The molecule has 0 radical (unpaired) electrons. The summed E-state index contributed by atoms with van der Waals surface area (Å²) >= 11 is 0. The van der Waals surface area contributed by atoms with Crippen LogP contribution in [0.15, 0.2) is 0 Å². The lowest BCUT2D eigenvalue weighted by Gasteiger charge is -2.00. The first-order valence-electron chi connectivity index (χ1n) is 2.40. The quantitative estimate of drug-likeness (QED) is 0.493. The fourth-order valence-electron chi connectivity index (χ4n) is 0.213. The molecule has 3 N–H and O–H groups in total. The van der Waals surface area contributed by atoms with Gasteiger partial charge in [0, 0.05) is 5.71 Å². The van der Waals surface area contributed by atoms with Crippen molar-refractivity contribution in [3.8, 4) is 0 Å². The zero-order chi connectivity index (χ0) is 6.73. The van der Waals surface area contributed by atoms with E-state index in [-0.39, 0.29) is 0 Å². The van der Waals surface area contributed by atoms with E-state index >= 15 is 0 Å².